The van der Waals surface area contributed by atoms with Crippen molar-refractivity contribution in [3.8, 4) is 0 Å². The van der Waals surface area contributed by atoms with Gasteiger partial charge in [0, 0.05) is 4.90 Å². The van der Waals surface area contributed by atoms with E-state index in [2.05, 4.69) is 0 Å². The van der Waals surface area contributed by atoms with Crippen molar-refractivity contribution in [2.24, 2.45) is 0 Å². The molecular weight excluding hydrogens is 328 g/mol. The Morgan fingerprint density at radius 3 is 1.72 bits per heavy atom. The van der Waals surface area contributed by atoms with Gasteiger partial charge in [0.25, 0.3) is 0 Å². The van der Waals surface area contributed by atoms with E-state index in [4.69, 9.17) is 4.74 Å². The van der Waals surface area contributed by atoms with Crippen molar-refractivity contribution < 1.29 is 8.95 Å². The van der Waals surface area contributed by atoms with Crippen LogP contribution in [0.3, 0.4) is 0 Å². The summed E-state index contributed by atoms with van der Waals surface area (Å²) in [7, 11) is -1.29. The minimum Gasteiger partial charge on any atom is -0.338 e. The molecule has 2 unspecified atom stereocenters. The van der Waals surface area contributed by atoms with Gasteiger partial charge in [0.05, 0.1) is 10.8 Å². The second-order valence-electron chi connectivity index (χ2n) is 6.54. The minimum absolute atomic E-state index is 0.689. The zero-order chi connectivity index (χ0) is 17.5. The fourth-order valence-electron chi connectivity index (χ4n) is 3.48. The molecule has 0 bridgehead atoms. The molecule has 2 atom stereocenters. The standard InChI is InChI=1S/C22H20O2S/c1-17-13-15-20(16-14-17)25(23)21(2)22(24-21,18-9-5-3-6-10-18)19-11-7-4-8-12-19/h3-16H,1-2H3. The average molecular weight is 348 g/mol. The molecular formula is C22H20O2S. The number of aryl methyl sites for hydroxylation is 1. The van der Waals surface area contributed by atoms with Gasteiger partial charge in [-0.25, -0.2) is 0 Å². The van der Waals surface area contributed by atoms with Gasteiger partial charge in [-0.1, -0.05) is 78.4 Å². The molecule has 0 amide bonds. The van der Waals surface area contributed by atoms with Crippen molar-refractivity contribution in [1.29, 1.82) is 0 Å². The SMILES string of the molecule is Cc1ccc(S(=O)C2(C)OC2(c2ccccc2)c2ccccc2)cc1. The lowest BCUT2D eigenvalue weighted by atomic mass is 9.88. The Kier molecular flexibility index (Phi) is 3.86. The molecule has 126 valence electrons. The van der Waals surface area contributed by atoms with E-state index >= 15 is 0 Å². The summed E-state index contributed by atoms with van der Waals surface area (Å²) in [5, 5.41) is 0. The van der Waals surface area contributed by atoms with Gasteiger partial charge in [-0.15, -0.1) is 0 Å². The normalized spacial score (nSPS) is 22.3. The van der Waals surface area contributed by atoms with Crippen LogP contribution in [-0.4, -0.2) is 9.14 Å². The van der Waals surface area contributed by atoms with Crippen molar-refractivity contribution in [3.05, 3.63) is 102 Å². The van der Waals surface area contributed by atoms with Gasteiger partial charge in [-0.05, 0) is 37.1 Å². The van der Waals surface area contributed by atoms with Gasteiger partial charge in [-0.2, -0.15) is 0 Å². The molecule has 1 fully saturated rings. The second-order valence-corrected chi connectivity index (χ2v) is 8.33. The molecule has 0 saturated carbocycles. The maximum Gasteiger partial charge on any atom is 0.183 e. The topological polar surface area (TPSA) is 29.6 Å². The summed E-state index contributed by atoms with van der Waals surface area (Å²) in [5.74, 6) is 0. The third-order valence-electron chi connectivity index (χ3n) is 4.90. The molecule has 1 aliphatic rings. The van der Waals surface area contributed by atoms with E-state index in [-0.39, 0.29) is 0 Å². The number of epoxide rings is 1. The lowest BCUT2D eigenvalue weighted by Crippen LogP contribution is -2.27. The van der Waals surface area contributed by atoms with Crippen LogP contribution in [-0.2, 0) is 21.1 Å². The van der Waals surface area contributed by atoms with Crippen LogP contribution in [0.4, 0.5) is 0 Å². The molecule has 1 heterocycles. The molecule has 3 heteroatoms. The monoisotopic (exact) mass is 348 g/mol. The van der Waals surface area contributed by atoms with E-state index in [0.717, 1.165) is 21.6 Å². The summed E-state index contributed by atoms with van der Waals surface area (Å²) in [5.41, 5.74) is 2.53. The van der Waals surface area contributed by atoms with Crippen LogP contribution >= 0.6 is 0 Å². The first kappa shape index (κ1) is 16.2. The molecule has 1 aliphatic heterocycles. The molecule has 0 aromatic heterocycles. The minimum atomic E-state index is -1.29. The molecule has 0 radical (unpaired) electrons. The first-order valence-electron chi connectivity index (χ1n) is 8.38. The van der Waals surface area contributed by atoms with E-state index in [1.54, 1.807) is 0 Å². The van der Waals surface area contributed by atoms with Crippen LogP contribution in [0, 0.1) is 6.92 Å². The van der Waals surface area contributed by atoms with Crippen molar-refractivity contribution in [1.82, 2.24) is 0 Å². The lowest BCUT2D eigenvalue weighted by molar-refractivity contribution is 0.321. The van der Waals surface area contributed by atoms with Gasteiger partial charge in [0.15, 0.2) is 10.5 Å². The van der Waals surface area contributed by atoms with E-state index in [0.29, 0.717) is 0 Å². The van der Waals surface area contributed by atoms with Gasteiger partial charge < -0.3 is 4.74 Å². The molecule has 0 N–H and O–H groups in total. The highest BCUT2D eigenvalue weighted by Crippen LogP contribution is 2.62. The third kappa shape index (κ3) is 2.46. The molecule has 3 aromatic rings. The van der Waals surface area contributed by atoms with Crippen molar-refractivity contribution >= 4 is 10.8 Å². The highest BCUT2D eigenvalue weighted by atomic mass is 32.2. The molecule has 3 aromatic carbocycles. The van der Waals surface area contributed by atoms with E-state index in [1.165, 1.54) is 0 Å². The Labute approximate surface area is 150 Å². The van der Waals surface area contributed by atoms with Gasteiger partial charge in [0.1, 0.15) is 0 Å². The highest BCUT2D eigenvalue weighted by Gasteiger charge is 2.72. The average Bonchev–Trinajstić information content (AvgIpc) is 3.32. The molecule has 2 nitrogen and oxygen atoms in total. The van der Waals surface area contributed by atoms with E-state index in [1.807, 2.05) is 98.8 Å². The summed E-state index contributed by atoms with van der Waals surface area (Å²) >= 11 is 0. The number of ether oxygens (including phenoxy) is 1. The molecule has 0 aliphatic carbocycles. The lowest BCUT2D eigenvalue weighted by Gasteiger charge is -2.18. The predicted molar refractivity (Wildman–Crippen MR) is 101 cm³/mol. The van der Waals surface area contributed by atoms with Crippen LogP contribution in [0.25, 0.3) is 0 Å². The summed E-state index contributed by atoms with van der Waals surface area (Å²) in [4.78, 5) is -0.00726. The second kappa shape index (κ2) is 5.94. The number of hydrogen-bond acceptors (Lipinski definition) is 2. The Balaban J connectivity index is 1.82. The number of rotatable bonds is 4. The van der Waals surface area contributed by atoms with E-state index in [9.17, 15) is 4.21 Å². The summed E-state index contributed by atoms with van der Waals surface area (Å²) in [6, 6.07) is 28.0. The molecule has 4 rings (SSSR count). The highest BCUT2D eigenvalue weighted by molar-refractivity contribution is 7.86. The summed E-state index contributed by atoms with van der Waals surface area (Å²) in [6.07, 6.45) is 0. The first-order valence-corrected chi connectivity index (χ1v) is 9.53. The van der Waals surface area contributed by atoms with Crippen LogP contribution in [0.1, 0.15) is 23.6 Å². The van der Waals surface area contributed by atoms with Gasteiger partial charge >= 0.3 is 0 Å². The van der Waals surface area contributed by atoms with Gasteiger partial charge in [-0.3, -0.25) is 4.21 Å². The molecule has 25 heavy (non-hydrogen) atoms. The quantitative estimate of drug-likeness (QED) is 0.634. The first-order chi connectivity index (χ1) is 12.1. The van der Waals surface area contributed by atoms with Crippen molar-refractivity contribution in [2.75, 3.05) is 0 Å². The zero-order valence-corrected chi connectivity index (χ0v) is 15.1. The number of benzene rings is 3. The smallest absolute Gasteiger partial charge is 0.183 e. The summed E-state index contributed by atoms with van der Waals surface area (Å²) < 4.78 is 19.7. The zero-order valence-electron chi connectivity index (χ0n) is 14.3. The molecule has 1 saturated heterocycles. The molecule has 0 spiro atoms. The van der Waals surface area contributed by atoms with E-state index < -0.39 is 21.3 Å². The summed E-state index contributed by atoms with van der Waals surface area (Å²) in [6.45, 7) is 3.98. The van der Waals surface area contributed by atoms with Crippen LogP contribution in [0.5, 0.6) is 0 Å². The van der Waals surface area contributed by atoms with Gasteiger partial charge in [0.2, 0.25) is 0 Å². The van der Waals surface area contributed by atoms with Crippen molar-refractivity contribution in [2.45, 2.75) is 29.3 Å². The fraction of sp³-hybridized carbons (Fsp3) is 0.182. The van der Waals surface area contributed by atoms with Crippen LogP contribution < -0.4 is 0 Å². The fourth-order valence-corrected chi connectivity index (χ4v) is 5.01. The maximum absolute atomic E-state index is 13.4. The third-order valence-corrected chi connectivity index (χ3v) is 6.67. The Morgan fingerprint density at radius 1 is 0.760 bits per heavy atom. The Bertz CT molecular complexity index is 864. The Hall–Kier alpha value is -2.23. The van der Waals surface area contributed by atoms with Crippen LogP contribution in [0.15, 0.2) is 89.8 Å². The van der Waals surface area contributed by atoms with Crippen LogP contribution in [0.2, 0.25) is 0 Å². The largest absolute Gasteiger partial charge is 0.338 e. The maximum atomic E-state index is 13.4. The van der Waals surface area contributed by atoms with Crippen molar-refractivity contribution in [3.63, 3.8) is 0 Å². The Morgan fingerprint density at radius 2 is 1.24 bits per heavy atom. The predicted octanol–water partition coefficient (Wildman–Crippen LogP) is 4.79. The number of hydrogen-bond donors (Lipinski definition) is 0.